The molecule has 1 aliphatic carbocycles. The number of piperidine rings is 1. The molecule has 228 valence electrons. The van der Waals surface area contributed by atoms with Gasteiger partial charge in [-0.2, -0.15) is 0 Å². The number of aliphatic hydroxyl groups excluding tert-OH is 1. The largest absolute Gasteiger partial charge is 0.415 e. The van der Waals surface area contributed by atoms with Crippen molar-refractivity contribution in [1.29, 1.82) is 0 Å². The van der Waals surface area contributed by atoms with Crippen LogP contribution in [0.25, 0.3) is 11.2 Å². The summed E-state index contributed by atoms with van der Waals surface area (Å²) in [4.78, 5) is 39.6. The van der Waals surface area contributed by atoms with Gasteiger partial charge in [-0.3, -0.25) is 9.36 Å². The number of hydrogen-bond donors (Lipinski definition) is 3. The van der Waals surface area contributed by atoms with Gasteiger partial charge in [0.1, 0.15) is 17.5 Å². The van der Waals surface area contributed by atoms with E-state index in [1.165, 1.54) is 24.2 Å². The third-order valence-electron chi connectivity index (χ3n) is 7.36. The molecule has 12 nitrogen and oxygen atoms in total. The molecule has 1 aromatic carbocycles. The molecular formula is C29H33F2N7O5. The molecule has 2 aliphatic rings. The fourth-order valence-electron chi connectivity index (χ4n) is 4.74. The van der Waals surface area contributed by atoms with Gasteiger partial charge in [-0.15, -0.1) is 0 Å². The van der Waals surface area contributed by atoms with E-state index in [-0.39, 0.29) is 35.3 Å². The summed E-state index contributed by atoms with van der Waals surface area (Å²) in [6.07, 6.45) is 1.79. The highest BCUT2D eigenvalue weighted by molar-refractivity contribution is 5.83. The highest BCUT2D eigenvalue weighted by Crippen LogP contribution is 2.25. The van der Waals surface area contributed by atoms with Crippen LogP contribution in [0, 0.1) is 29.4 Å². The zero-order valence-electron chi connectivity index (χ0n) is 23.8. The number of anilines is 1. The number of imidazole rings is 1. The summed E-state index contributed by atoms with van der Waals surface area (Å²) in [6, 6.07) is 3.07. The number of aromatic nitrogens is 4. The number of likely N-dealkylation sites (tertiary alicyclic amines) is 1. The van der Waals surface area contributed by atoms with E-state index in [1.54, 1.807) is 11.5 Å². The van der Waals surface area contributed by atoms with Crippen LogP contribution in [0.1, 0.15) is 58.0 Å². The monoisotopic (exact) mass is 597 g/mol. The van der Waals surface area contributed by atoms with Crippen LogP contribution in [-0.2, 0) is 9.53 Å². The quantitative estimate of drug-likeness (QED) is 0.332. The summed E-state index contributed by atoms with van der Waals surface area (Å²) >= 11 is 0. The molecule has 1 saturated heterocycles. The Morgan fingerprint density at radius 1 is 1.16 bits per heavy atom. The van der Waals surface area contributed by atoms with Gasteiger partial charge in [0.05, 0.1) is 12.4 Å². The maximum Gasteiger partial charge on any atom is 0.415 e. The van der Waals surface area contributed by atoms with Gasteiger partial charge in [-0.05, 0) is 63.5 Å². The number of nitrogens with two attached hydrogens (primary N) is 1. The van der Waals surface area contributed by atoms with Crippen molar-refractivity contribution in [3.63, 3.8) is 0 Å². The molecule has 0 radical (unpaired) electrons. The van der Waals surface area contributed by atoms with Crippen LogP contribution in [0.15, 0.2) is 24.5 Å². The van der Waals surface area contributed by atoms with Crippen LogP contribution < -0.4 is 15.8 Å². The van der Waals surface area contributed by atoms with E-state index in [9.17, 15) is 23.5 Å². The lowest BCUT2D eigenvalue weighted by Gasteiger charge is -2.30. The summed E-state index contributed by atoms with van der Waals surface area (Å²) < 4.78 is 39.2. The predicted molar refractivity (Wildman–Crippen MR) is 150 cm³/mol. The first-order chi connectivity index (χ1) is 20.6. The Balaban J connectivity index is 1.18. The summed E-state index contributed by atoms with van der Waals surface area (Å²) in [5, 5.41) is 13.0. The Hall–Kier alpha value is -4.35. The molecule has 1 unspecified atom stereocenters. The van der Waals surface area contributed by atoms with Gasteiger partial charge in [-0.1, -0.05) is 5.92 Å². The van der Waals surface area contributed by atoms with Crippen LogP contribution in [0.4, 0.5) is 19.4 Å². The molecule has 4 N–H and O–H groups in total. The number of halogens is 2. The predicted octanol–water partition coefficient (Wildman–Crippen LogP) is 2.90. The third kappa shape index (κ3) is 7.36. The van der Waals surface area contributed by atoms with Gasteiger partial charge in [-0.25, -0.2) is 28.5 Å². The normalized spacial score (nSPS) is 17.6. The first-order valence-corrected chi connectivity index (χ1v) is 14.1. The minimum absolute atomic E-state index is 0.0581. The lowest BCUT2D eigenvalue weighted by molar-refractivity contribution is -0.150. The number of nitrogens with one attached hydrogen (secondary N) is 1. The molecule has 3 atom stereocenters. The molecule has 0 bridgehead atoms. The molecule has 3 aromatic rings. The highest BCUT2D eigenvalue weighted by Gasteiger charge is 2.32. The number of ether oxygens (including phenoxy) is 2. The second-order valence-corrected chi connectivity index (χ2v) is 10.8. The Morgan fingerprint density at radius 3 is 2.58 bits per heavy atom. The van der Waals surface area contributed by atoms with E-state index in [0.29, 0.717) is 43.5 Å². The third-order valence-corrected chi connectivity index (χ3v) is 7.36. The average Bonchev–Trinajstić information content (AvgIpc) is 3.68. The first-order valence-electron chi connectivity index (χ1n) is 14.1. The maximum atomic E-state index is 13.4. The second-order valence-electron chi connectivity index (χ2n) is 10.8. The SMILES string of the molecule is CC(O)[C@H](O[C@H](C)n1cnc2c(N)nc(C#CCC3CCN(C(=O)Oc4ccc(F)c(F)c4)CC3)nc21)C(=O)NC1CC1. The first kappa shape index (κ1) is 30.1. The number of amides is 2. The minimum atomic E-state index is -1.09. The summed E-state index contributed by atoms with van der Waals surface area (Å²) in [7, 11) is 0. The van der Waals surface area contributed by atoms with Crippen molar-refractivity contribution in [2.75, 3.05) is 18.8 Å². The number of benzene rings is 1. The van der Waals surface area contributed by atoms with Crippen LogP contribution in [0.5, 0.6) is 5.75 Å². The number of nitrogens with zero attached hydrogens (tertiary/aromatic N) is 5. The van der Waals surface area contributed by atoms with E-state index < -0.39 is 36.2 Å². The highest BCUT2D eigenvalue weighted by atomic mass is 19.2. The van der Waals surface area contributed by atoms with Crippen LogP contribution in [-0.4, -0.2) is 72.9 Å². The second kappa shape index (κ2) is 12.9. The lowest BCUT2D eigenvalue weighted by atomic mass is 9.94. The van der Waals surface area contributed by atoms with E-state index in [2.05, 4.69) is 32.1 Å². The van der Waals surface area contributed by atoms with Crippen LogP contribution >= 0.6 is 0 Å². The van der Waals surface area contributed by atoms with Crippen molar-refractivity contribution in [1.82, 2.24) is 29.7 Å². The fourth-order valence-corrected chi connectivity index (χ4v) is 4.74. The van der Waals surface area contributed by atoms with E-state index in [4.69, 9.17) is 15.2 Å². The minimum Gasteiger partial charge on any atom is -0.410 e. The summed E-state index contributed by atoms with van der Waals surface area (Å²) in [5.41, 5.74) is 6.87. The van der Waals surface area contributed by atoms with Crippen molar-refractivity contribution in [3.8, 4) is 17.6 Å². The average molecular weight is 598 g/mol. The van der Waals surface area contributed by atoms with Gasteiger partial charge in [0.15, 0.2) is 29.2 Å². The molecule has 2 amide bonds. The Kier molecular flexibility index (Phi) is 9.02. The number of carbonyl (C=O) groups is 2. The van der Waals surface area contributed by atoms with E-state index in [0.717, 1.165) is 25.0 Å². The van der Waals surface area contributed by atoms with Gasteiger partial charge >= 0.3 is 6.09 Å². The fraction of sp³-hybridized carbons (Fsp3) is 0.483. The van der Waals surface area contributed by atoms with Gasteiger partial charge < -0.3 is 30.5 Å². The van der Waals surface area contributed by atoms with Crippen LogP contribution in [0.2, 0.25) is 0 Å². The summed E-state index contributed by atoms with van der Waals surface area (Å²) in [6.45, 7) is 4.08. The summed E-state index contributed by atoms with van der Waals surface area (Å²) in [5.74, 6) is 4.08. The van der Waals surface area contributed by atoms with Gasteiger partial charge in [0, 0.05) is 31.6 Å². The Labute approximate surface area is 246 Å². The van der Waals surface area contributed by atoms with Crippen molar-refractivity contribution in [3.05, 3.63) is 42.0 Å². The number of hydrogen-bond acceptors (Lipinski definition) is 9. The van der Waals surface area contributed by atoms with Crippen molar-refractivity contribution in [2.24, 2.45) is 5.92 Å². The smallest absolute Gasteiger partial charge is 0.410 e. The molecule has 1 aliphatic heterocycles. The van der Waals surface area contributed by atoms with Crippen molar-refractivity contribution >= 4 is 29.0 Å². The molecule has 0 spiro atoms. The topological polar surface area (TPSA) is 158 Å². The number of aliphatic hydroxyl groups is 1. The molecular weight excluding hydrogens is 564 g/mol. The van der Waals surface area contributed by atoms with Crippen molar-refractivity contribution in [2.45, 2.75) is 70.4 Å². The van der Waals surface area contributed by atoms with Gasteiger partial charge in [0.25, 0.3) is 5.91 Å². The van der Waals surface area contributed by atoms with Gasteiger partial charge in [0.2, 0.25) is 5.82 Å². The Morgan fingerprint density at radius 2 is 1.91 bits per heavy atom. The zero-order chi connectivity index (χ0) is 30.7. The molecule has 5 rings (SSSR count). The van der Waals surface area contributed by atoms with E-state index >= 15 is 0 Å². The maximum absolute atomic E-state index is 13.4. The number of nitrogen functional groups attached to an aromatic ring is 1. The standard InChI is InChI=1S/C29H33F2N7O5/c1-16(39)25(28(40)34-19-6-7-19)42-17(2)38-15-33-24-26(32)35-23(36-27(24)38)5-3-4-18-10-12-37(13-11-18)29(41)43-20-8-9-21(30)22(31)14-20/h8-9,14-19,25,39H,4,6-7,10-13H2,1-2H3,(H,34,40)(H2,32,35,36)/t16?,17-,25+/m1/s1. The number of rotatable bonds is 8. The number of fused-ring (bicyclic) bond motifs is 1. The Bertz CT molecular complexity index is 1560. The molecule has 43 heavy (non-hydrogen) atoms. The lowest BCUT2D eigenvalue weighted by Crippen LogP contribution is -2.44. The van der Waals surface area contributed by atoms with Crippen LogP contribution in [0.3, 0.4) is 0 Å². The molecule has 2 fully saturated rings. The van der Waals surface area contributed by atoms with E-state index in [1.807, 2.05) is 0 Å². The molecule has 14 heteroatoms. The molecule has 1 saturated carbocycles. The number of carbonyl (C=O) groups excluding carboxylic acids is 2. The molecule has 2 aromatic heterocycles. The zero-order valence-corrected chi connectivity index (χ0v) is 23.8. The van der Waals surface area contributed by atoms with Crippen molar-refractivity contribution < 1.29 is 33.0 Å². The molecule has 3 heterocycles.